The van der Waals surface area contributed by atoms with Crippen LogP contribution in [0.2, 0.25) is 0 Å². The van der Waals surface area contributed by atoms with E-state index in [4.69, 9.17) is 0 Å². The molecule has 0 saturated heterocycles. The SMILES string of the molecule is CCC(CC)c1nnc(NS(=O)(=O)c2cccc([N+](=O)[O-])c2)s1. The molecule has 2 aromatic rings. The van der Waals surface area contributed by atoms with Crippen LogP contribution in [0.25, 0.3) is 0 Å². The number of hydrogen-bond acceptors (Lipinski definition) is 7. The Kier molecular flexibility index (Phi) is 5.26. The predicted molar refractivity (Wildman–Crippen MR) is 87.1 cm³/mol. The number of nitrogens with zero attached hydrogens (tertiary/aromatic N) is 3. The lowest BCUT2D eigenvalue weighted by molar-refractivity contribution is -0.385. The molecule has 0 aliphatic rings. The van der Waals surface area contributed by atoms with Crippen molar-refractivity contribution in [1.29, 1.82) is 0 Å². The monoisotopic (exact) mass is 356 g/mol. The highest BCUT2D eigenvalue weighted by molar-refractivity contribution is 7.93. The maximum Gasteiger partial charge on any atom is 0.270 e. The lowest BCUT2D eigenvalue weighted by Gasteiger charge is -2.06. The van der Waals surface area contributed by atoms with Gasteiger partial charge in [-0.15, -0.1) is 10.2 Å². The van der Waals surface area contributed by atoms with Crippen molar-refractivity contribution < 1.29 is 13.3 Å². The number of nitro groups is 1. The minimum Gasteiger partial charge on any atom is -0.258 e. The van der Waals surface area contributed by atoms with Crippen molar-refractivity contribution in [3.63, 3.8) is 0 Å². The van der Waals surface area contributed by atoms with Crippen LogP contribution in [-0.2, 0) is 10.0 Å². The van der Waals surface area contributed by atoms with Crippen molar-refractivity contribution in [2.45, 2.75) is 37.5 Å². The number of aromatic nitrogens is 2. The van der Waals surface area contributed by atoms with Gasteiger partial charge in [0.2, 0.25) is 5.13 Å². The average molecular weight is 356 g/mol. The Morgan fingerprint density at radius 1 is 1.30 bits per heavy atom. The molecule has 1 N–H and O–H groups in total. The Hall–Kier alpha value is -2.07. The fourth-order valence-corrected chi connectivity index (χ4v) is 4.30. The standard InChI is InChI=1S/C13H16N4O4S2/c1-3-9(4-2)12-14-15-13(22-12)16-23(20,21)11-7-5-6-10(8-11)17(18)19/h5-9H,3-4H2,1-2H3,(H,15,16). The zero-order chi connectivity index (χ0) is 17.0. The van der Waals surface area contributed by atoms with Gasteiger partial charge < -0.3 is 0 Å². The van der Waals surface area contributed by atoms with Gasteiger partial charge in [0.15, 0.2) is 0 Å². The van der Waals surface area contributed by atoms with Crippen molar-refractivity contribution in [3.8, 4) is 0 Å². The number of benzene rings is 1. The first-order valence-corrected chi connectivity index (χ1v) is 9.28. The first-order chi connectivity index (χ1) is 10.9. The van der Waals surface area contributed by atoms with Gasteiger partial charge in [-0.3, -0.25) is 14.8 Å². The van der Waals surface area contributed by atoms with E-state index >= 15 is 0 Å². The summed E-state index contributed by atoms with van der Waals surface area (Å²) in [5.41, 5.74) is -0.289. The van der Waals surface area contributed by atoms with Crippen LogP contribution in [0.3, 0.4) is 0 Å². The Morgan fingerprint density at radius 3 is 2.61 bits per heavy atom. The Labute approximate surface area is 137 Å². The van der Waals surface area contributed by atoms with Crippen LogP contribution >= 0.6 is 11.3 Å². The van der Waals surface area contributed by atoms with E-state index in [-0.39, 0.29) is 21.6 Å². The van der Waals surface area contributed by atoms with E-state index in [1.165, 1.54) is 29.5 Å². The quantitative estimate of drug-likeness (QED) is 0.602. The Balaban J connectivity index is 2.25. The smallest absolute Gasteiger partial charge is 0.258 e. The number of sulfonamides is 1. The highest BCUT2D eigenvalue weighted by Crippen LogP contribution is 2.29. The van der Waals surface area contributed by atoms with Gasteiger partial charge in [0, 0.05) is 18.1 Å². The lowest BCUT2D eigenvalue weighted by atomic mass is 10.1. The van der Waals surface area contributed by atoms with Crippen molar-refractivity contribution in [2.24, 2.45) is 0 Å². The molecular weight excluding hydrogens is 340 g/mol. The molecule has 0 bridgehead atoms. The fourth-order valence-electron chi connectivity index (χ4n) is 2.02. The van der Waals surface area contributed by atoms with Crippen LogP contribution in [0, 0.1) is 10.1 Å². The summed E-state index contributed by atoms with van der Waals surface area (Å²) in [5.74, 6) is 0.239. The second-order valence-electron chi connectivity index (χ2n) is 4.82. The maximum atomic E-state index is 12.3. The van der Waals surface area contributed by atoms with Crippen molar-refractivity contribution >= 4 is 32.2 Å². The molecular formula is C13H16N4O4S2. The summed E-state index contributed by atoms with van der Waals surface area (Å²) >= 11 is 1.18. The van der Waals surface area contributed by atoms with E-state index in [1.54, 1.807) is 0 Å². The van der Waals surface area contributed by atoms with E-state index in [0.29, 0.717) is 0 Å². The molecule has 1 aromatic carbocycles. The molecule has 0 unspecified atom stereocenters. The number of nitro benzene ring substituents is 1. The maximum absolute atomic E-state index is 12.3. The molecule has 0 atom stereocenters. The minimum absolute atomic E-state index is 0.151. The number of rotatable bonds is 7. The molecule has 2 rings (SSSR count). The second-order valence-corrected chi connectivity index (χ2v) is 7.51. The summed E-state index contributed by atoms with van der Waals surface area (Å²) in [5, 5.41) is 19.5. The van der Waals surface area contributed by atoms with Gasteiger partial charge in [-0.25, -0.2) is 8.42 Å². The number of non-ortho nitro benzene ring substituents is 1. The first-order valence-electron chi connectivity index (χ1n) is 6.98. The number of hydrogen-bond donors (Lipinski definition) is 1. The van der Waals surface area contributed by atoms with Crippen LogP contribution in [0.15, 0.2) is 29.2 Å². The summed E-state index contributed by atoms with van der Waals surface area (Å²) in [6.07, 6.45) is 1.78. The molecule has 0 aliphatic carbocycles. The molecule has 1 aromatic heterocycles. The topological polar surface area (TPSA) is 115 Å². The molecule has 23 heavy (non-hydrogen) atoms. The van der Waals surface area contributed by atoms with Crippen LogP contribution in [-0.4, -0.2) is 23.5 Å². The van der Waals surface area contributed by atoms with Crippen LogP contribution in [0.4, 0.5) is 10.8 Å². The highest BCUT2D eigenvalue weighted by Gasteiger charge is 2.21. The van der Waals surface area contributed by atoms with E-state index < -0.39 is 14.9 Å². The molecule has 0 amide bonds. The Bertz CT molecular complexity index is 800. The van der Waals surface area contributed by atoms with Crippen LogP contribution < -0.4 is 4.72 Å². The third-order valence-corrected chi connectivity index (χ3v) is 5.80. The van der Waals surface area contributed by atoms with Crippen LogP contribution in [0.1, 0.15) is 37.6 Å². The average Bonchev–Trinajstić information content (AvgIpc) is 2.96. The molecule has 0 saturated carbocycles. The summed E-state index contributed by atoms with van der Waals surface area (Å²) in [7, 11) is -3.94. The van der Waals surface area contributed by atoms with Gasteiger partial charge in [-0.05, 0) is 18.9 Å². The first kappa shape index (κ1) is 17.3. The summed E-state index contributed by atoms with van der Waals surface area (Å²) in [6.45, 7) is 4.06. The fraction of sp³-hybridized carbons (Fsp3) is 0.385. The van der Waals surface area contributed by atoms with Gasteiger partial charge in [0.05, 0.1) is 9.82 Å². The van der Waals surface area contributed by atoms with Gasteiger partial charge in [0.25, 0.3) is 15.7 Å². The summed E-state index contributed by atoms with van der Waals surface area (Å²) in [6, 6.07) is 4.85. The van der Waals surface area contributed by atoms with Gasteiger partial charge >= 0.3 is 0 Å². The molecule has 124 valence electrons. The third kappa shape index (κ3) is 4.02. The Morgan fingerprint density at radius 2 is 2.00 bits per heavy atom. The molecule has 0 spiro atoms. The van der Waals surface area contributed by atoms with Crippen molar-refractivity contribution in [1.82, 2.24) is 10.2 Å². The van der Waals surface area contributed by atoms with Gasteiger partial charge in [-0.2, -0.15) is 0 Å². The molecule has 8 nitrogen and oxygen atoms in total. The molecule has 0 radical (unpaired) electrons. The number of nitrogens with one attached hydrogen (secondary N) is 1. The minimum atomic E-state index is -3.94. The van der Waals surface area contributed by atoms with E-state index in [9.17, 15) is 18.5 Å². The van der Waals surface area contributed by atoms with E-state index in [0.717, 1.165) is 23.9 Å². The molecule has 1 heterocycles. The van der Waals surface area contributed by atoms with Gasteiger partial charge in [0.1, 0.15) is 5.01 Å². The summed E-state index contributed by atoms with van der Waals surface area (Å²) in [4.78, 5) is 9.92. The van der Waals surface area contributed by atoms with Crippen LogP contribution in [0.5, 0.6) is 0 Å². The largest absolute Gasteiger partial charge is 0.270 e. The normalized spacial score (nSPS) is 11.6. The molecule has 0 fully saturated rings. The molecule has 10 heteroatoms. The van der Waals surface area contributed by atoms with E-state index in [2.05, 4.69) is 14.9 Å². The van der Waals surface area contributed by atoms with Crippen molar-refractivity contribution in [2.75, 3.05) is 4.72 Å². The number of anilines is 1. The highest BCUT2D eigenvalue weighted by atomic mass is 32.2. The molecule has 0 aliphatic heterocycles. The summed E-state index contributed by atoms with van der Waals surface area (Å²) < 4.78 is 26.9. The van der Waals surface area contributed by atoms with E-state index in [1.807, 2.05) is 13.8 Å². The zero-order valence-corrected chi connectivity index (χ0v) is 14.2. The lowest BCUT2D eigenvalue weighted by Crippen LogP contribution is -2.13. The predicted octanol–water partition coefficient (Wildman–Crippen LogP) is 3.15. The van der Waals surface area contributed by atoms with Crippen molar-refractivity contribution in [3.05, 3.63) is 39.4 Å². The third-order valence-electron chi connectivity index (χ3n) is 3.34. The zero-order valence-electron chi connectivity index (χ0n) is 12.6. The second kappa shape index (κ2) is 7.01. The van der Waals surface area contributed by atoms with Gasteiger partial charge in [-0.1, -0.05) is 31.3 Å².